The van der Waals surface area contributed by atoms with Crippen LogP contribution < -0.4 is 10.6 Å². The maximum Gasteiger partial charge on any atom is 0.236 e. The van der Waals surface area contributed by atoms with E-state index in [1.54, 1.807) is 7.11 Å². The Bertz CT molecular complexity index is 210. The summed E-state index contributed by atoms with van der Waals surface area (Å²) in [4.78, 5) is 11.6. The second kappa shape index (κ2) is 11.4. The second-order valence-corrected chi connectivity index (χ2v) is 4.77. The monoisotopic (exact) mass is 260 g/mol. The molecule has 18 heavy (non-hydrogen) atoms. The zero-order valence-corrected chi connectivity index (χ0v) is 12.1. The molecule has 0 aliphatic carbocycles. The van der Waals surface area contributed by atoms with Gasteiger partial charge in [-0.2, -0.15) is 0 Å². The van der Waals surface area contributed by atoms with E-state index in [9.17, 15) is 4.79 Å². The third kappa shape index (κ3) is 10.5. The fourth-order valence-electron chi connectivity index (χ4n) is 1.29. The van der Waals surface area contributed by atoms with Gasteiger partial charge in [0.1, 0.15) is 0 Å². The minimum absolute atomic E-state index is 0.0593. The molecule has 0 aromatic rings. The first-order chi connectivity index (χ1) is 8.57. The minimum atomic E-state index is -0.150. The summed E-state index contributed by atoms with van der Waals surface area (Å²) >= 11 is 0. The lowest BCUT2D eigenvalue weighted by molar-refractivity contribution is -0.122. The molecule has 0 fully saturated rings. The highest BCUT2D eigenvalue weighted by Crippen LogP contribution is 1.90. The fraction of sp³-hybridized carbons (Fsp3) is 0.923. The molecule has 0 saturated carbocycles. The molecule has 0 aromatic carbocycles. The topological polar surface area (TPSA) is 59.6 Å². The molecule has 0 rings (SSSR count). The summed E-state index contributed by atoms with van der Waals surface area (Å²) in [5.74, 6) is 0.541. The van der Waals surface area contributed by atoms with Crippen molar-refractivity contribution in [1.82, 2.24) is 10.6 Å². The van der Waals surface area contributed by atoms with Gasteiger partial charge < -0.3 is 20.1 Å². The Morgan fingerprint density at radius 3 is 2.50 bits per heavy atom. The second-order valence-electron chi connectivity index (χ2n) is 4.77. The first-order valence-electron chi connectivity index (χ1n) is 6.65. The van der Waals surface area contributed by atoms with Crippen molar-refractivity contribution in [1.29, 1.82) is 0 Å². The normalized spacial score (nSPS) is 12.7. The van der Waals surface area contributed by atoms with E-state index in [-0.39, 0.29) is 11.9 Å². The molecule has 0 spiro atoms. The average Bonchev–Trinajstić information content (AvgIpc) is 2.34. The number of carbonyl (C=O) groups excluding carboxylic acids is 1. The van der Waals surface area contributed by atoms with Gasteiger partial charge in [-0.25, -0.2) is 0 Å². The molecule has 0 aliphatic rings. The predicted molar refractivity (Wildman–Crippen MR) is 72.6 cm³/mol. The Labute approximate surface area is 111 Å². The highest BCUT2D eigenvalue weighted by Gasteiger charge is 2.11. The number of rotatable bonds is 11. The first-order valence-corrected chi connectivity index (χ1v) is 6.65. The van der Waals surface area contributed by atoms with Crippen LogP contribution in [-0.2, 0) is 14.3 Å². The maximum absolute atomic E-state index is 11.6. The first kappa shape index (κ1) is 17.4. The molecule has 108 valence electrons. The lowest BCUT2D eigenvalue weighted by Crippen LogP contribution is -2.43. The Hall–Kier alpha value is -0.650. The van der Waals surface area contributed by atoms with E-state index in [0.717, 1.165) is 19.5 Å². The van der Waals surface area contributed by atoms with E-state index in [1.807, 2.05) is 6.92 Å². The number of methoxy groups -OCH3 is 1. The SMILES string of the molecule is COCCOCCCNC(C)C(=O)NCC(C)C. The Kier molecular flexibility index (Phi) is 11.0. The van der Waals surface area contributed by atoms with Gasteiger partial charge in [0.05, 0.1) is 19.3 Å². The van der Waals surface area contributed by atoms with Gasteiger partial charge in [-0.1, -0.05) is 13.8 Å². The van der Waals surface area contributed by atoms with Gasteiger partial charge in [0.2, 0.25) is 5.91 Å². The molecule has 0 bridgehead atoms. The van der Waals surface area contributed by atoms with Gasteiger partial charge in [-0.05, 0) is 25.8 Å². The van der Waals surface area contributed by atoms with Crippen LogP contribution in [-0.4, -0.2) is 52.0 Å². The molecule has 2 N–H and O–H groups in total. The van der Waals surface area contributed by atoms with Crippen molar-refractivity contribution in [2.75, 3.05) is 40.0 Å². The number of hydrogen-bond donors (Lipinski definition) is 2. The van der Waals surface area contributed by atoms with Gasteiger partial charge in [0.15, 0.2) is 0 Å². The molecule has 0 aliphatic heterocycles. The summed E-state index contributed by atoms with van der Waals surface area (Å²) in [7, 11) is 1.66. The van der Waals surface area contributed by atoms with E-state index >= 15 is 0 Å². The minimum Gasteiger partial charge on any atom is -0.382 e. The number of amides is 1. The van der Waals surface area contributed by atoms with Crippen molar-refractivity contribution >= 4 is 5.91 Å². The molecule has 5 heteroatoms. The largest absolute Gasteiger partial charge is 0.382 e. The van der Waals surface area contributed by atoms with Crippen LogP contribution in [0.25, 0.3) is 0 Å². The van der Waals surface area contributed by atoms with Crippen LogP contribution in [0, 0.1) is 5.92 Å². The van der Waals surface area contributed by atoms with Crippen LogP contribution in [0.4, 0.5) is 0 Å². The molecule has 1 unspecified atom stereocenters. The van der Waals surface area contributed by atoms with Crippen LogP contribution in [0.3, 0.4) is 0 Å². The van der Waals surface area contributed by atoms with Crippen LogP contribution in [0.15, 0.2) is 0 Å². The fourth-order valence-corrected chi connectivity index (χ4v) is 1.29. The maximum atomic E-state index is 11.6. The molecule has 1 atom stereocenters. The third-order valence-corrected chi connectivity index (χ3v) is 2.43. The number of hydrogen-bond acceptors (Lipinski definition) is 4. The summed E-state index contributed by atoms with van der Waals surface area (Å²) in [5, 5.41) is 6.08. The van der Waals surface area contributed by atoms with E-state index in [4.69, 9.17) is 9.47 Å². The summed E-state index contributed by atoms with van der Waals surface area (Å²) in [6, 6.07) is -0.150. The van der Waals surface area contributed by atoms with Crippen LogP contribution in [0.5, 0.6) is 0 Å². The van der Waals surface area contributed by atoms with Crippen molar-refractivity contribution in [2.45, 2.75) is 33.2 Å². The standard InChI is InChI=1S/C13H28N2O3/c1-11(2)10-15-13(16)12(3)14-6-5-7-18-9-8-17-4/h11-12,14H,5-10H2,1-4H3,(H,15,16). The molecule has 0 heterocycles. The zero-order chi connectivity index (χ0) is 13.8. The lowest BCUT2D eigenvalue weighted by atomic mass is 10.2. The Morgan fingerprint density at radius 1 is 1.17 bits per heavy atom. The van der Waals surface area contributed by atoms with E-state index in [1.165, 1.54) is 0 Å². The van der Waals surface area contributed by atoms with Crippen molar-refractivity contribution in [3.63, 3.8) is 0 Å². The van der Waals surface area contributed by atoms with Crippen LogP contribution >= 0.6 is 0 Å². The number of nitrogens with one attached hydrogen (secondary N) is 2. The highest BCUT2D eigenvalue weighted by molar-refractivity contribution is 5.81. The van der Waals surface area contributed by atoms with Crippen LogP contribution in [0.2, 0.25) is 0 Å². The zero-order valence-electron chi connectivity index (χ0n) is 12.1. The summed E-state index contributed by atoms with van der Waals surface area (Å²) in [6.07, 6.45) is 0.894. The summed E-state index contributed by atoms with van der Waals surface area (Å²) in [5.41, 5.74) is 0. The van der Waals surface area contributed by atoms with Crippen LogP contribution in [0.1, 0.15) is 27.2 Å². The summed E-state index contributed by atoms with van der Waals surface area (Å²) in [6.45, 7) is 9.49. The predicted octanol–water partition coefficient (Wildman–Crippen LogP) is 0.790. The van der Waals surface area contributed by atoms with Gasteiger partial charge in [-0.3, -0.25) is 4.79 Å². The van der Waals surface area contributed by atoms with E-state index in [2.05, 4.69) is 24.5 Å². The van der Waals surface area contributed by atoms with E-state index < -0.39 is 0 Å². The quantitative estimate of drug-likeness (QED) is 0.539. The molecule has 0 saturated heterocycles. The molecule has 1 amide bonds. The molecular weight excluding hydrogens is 232 g/mol. The smallest absolute Gasteiger partial charge is 0.236 e. The van der Waals surface area contributed by atoms with Gasteiger partial charge in [0, 0.05) is 20.3 Å². The number of carbonyl (C=O) groups is 1. The van der Waals surface area contributed by atoms with Crippen molar-refractivity contribution < 1.29 is 14.3 Å². The number of ether oxygens (including phenoxy) is 2. The Morgan fingerprint density at radius 2 is 1.89 bits per heavy atom. The van der Waals surface area contributed by atoms with Gasteiger partial charge in [-0.15, -0.1) is 0 Å². The van der Waals surface area contributed by atoms with E-state index in [0.29, 0.717) is 25.7 Å². The summed E-state index contributed by atoms with van der Waals surface area (Å²) < 4.78 is 10.2. The van der Waals surface area contributed by atoms with Crippen molar-refractivity contribution in [3.8, 4) is 0 Å². The van der Waals surface area contributed by atoms with Gasteiger partial charge in [0.25, 0.3) is 0 Å². The molecule has 0 radical (unpaired) electrons. The van der Waals surface area contributed by atoms with Gasteiger partial charge >= 0.3 is 0 Å². The highest BCUT2D eigenvalue weighted by atomic mass is 16.5. The third-order valence-electron chi connectivity index (χ3n) is 2.43. The van der Waals surface area contributed by atoms with Crippen molar-refractivity contribution in [3.05, 3.63) is 0 Å². The lowest BCUT2D eigenvalue weighted by Gasteiger charge is -2.15. The van der Waals surface area contributed by atoms with Crippen molar-refractivity contribution in [2.24, 2.45) is 5.92 Å². The molecule has 0 aromatic heterocycles. The average molecular weight is 260 g/mol. The molecule has 5 nitrogen and oxygen atoms in total. The Balaban J connectivity index is 3.40. The molecular formula is C13H28N2O3.